The normalized spacial score (nSPS) is 18.5. The molecule has 1 saturated heterocycles. The van der Waals surface area contributed by atoms with Crippen molar-refractivity contribution in [2.75, 3.05) is 30.4 Å². The number of amides is 1. The number of carbonyl (C=O) groups is 1. The molecule has 0 saturated carbocycles. The van der Waals surface area contributed by atoms with E-state index >= 15 is 0 Å². The van der Waals surface area contributed by atoms with Gasteiger partial charge in [-0.25, -0.2) is 4.98 Å². The van der Waals surface area contributed by atoms with Crippen molar-refractivity contribution in [3.63, 3.8) is 0 Å². The lowest BCUT2D eigenvalue weighted by Gasteiger charge is -2.30. The maximum atomic E-state index is 13.8. The number of hydrogen-bond acceptors (Lipinski definition) is 6. The Bertz CT molecular complexity index is 1760. The molecule has 1 amide bonds. The van der Waals surface area contributed by atoms with Gasteiger partial charge in [-0.1, -0.05) is 18.2 Å². The number of benzene rings is 1. The van der Waals surface area contributed by atoms with E-state index in [0.717, 1.165) is 67.6 Å². The van der Waals surface area contributed by atoms with Crippen molar-refractivity contribution in [1.82, 2.24) is 19.0 Å². The van der Waals surface area contributed by atoms with Crippen LogP contribution in [-0.2, 0) is 33.0 Å². The average molecular weight is 579 g/mol. The van der Waals surface area contributed by atoms with Crippen LogP contribution in [0.1, 0.15) is 64.6 Å². The van der Waals surface area contributed by atoms with Crippen LogP contribution in [0.15, 0.2) is 59.7 Å². The minimum absolute atomic E-state index is 0.0175. The van der Waals surface area contributed by atoms with Gasteiger partial charge in [-0.2, -0.15) is 0 Å². The van der Waals surface area contributed by atoms with E-state index in [1.54, 1.807) is 24.2 Å². The lowest BCUT2D eigenvalue weighted by Crippen LogP contribution is -2.38. The molecule has 222 valence electrons. The van der Waals surface area contributed by atoms with Gasteiger partial charge >= 0.3 is 0 Å². The minimum atomic E-state index is -0.237. The molecular weight excluding hydrogens is 540 g/mol. The summed E-state index contributed by atoms with van der Waals surface area (Å²) in [6.07, 6.45) is 10.1. The SMILES string of the molecule is CN1CCCC1c1ccc(Nc2cc(-c3cccc(N4CCc5c(cc6n5CCCC6)C4=O)c3CO)cn(C)c2=O)nc1. The van der Waals surface area contributed by atoms with Gasteiger partial charge in [-0.05, 0) is 81.1 Å². The Morgan fingerprint density at radius 3 is 2.63 bits per heavy atom. The van der Waals surface area contributed by atoms with E-state index in [0.29, 0.717) is 35.3 Å². The Balaban J connectivity index is 1.20. The van der Waals surface area contributed by atoms with Crippen molar-refractivity contribution in [1.29, 1.82) is 0 Å². The second-order valence-electron chi connectivity index (χ2n) is 12.1. The topological polar surface area (TPSA) is 95.6 Å². The Kier molecular flexibility index (Phi) is 7.15. The quantitative estimate of drug-likeness (QED) is 0.342. The third-order valence-corrected chi connectivity index (χ3v) is 9.46. The van der Waals surface area contributed by atoms with Gasteiger partial charge in [0.05, 0.1) is 17.9 Å². The van der Waals surface area contributed by atoms with E-state index in [4.69, 9.17) is 0 Å². The molecule has 1 fully saturated rings. The smallest absolute Gasteiger partial charge is 0.274 e. The number of aliphatic hydroxyl groups is 1. The van der Waals surface area contributed by atoms with Crippen molar-refractivity contribution in [3.05, 3.63) is 93.3 Å². The molecule has 43 heavy (non-hydrogen) atoms. The second kappa shape index (κ2) is 11.1. The van der Waals surface area contributed by atoms with E-state index < -0.39 is 0 Å². The molecule has 7 rings (SSSR count). The molecule has 0 radical (unpaired) electrons. The second-order valence-corrected chi connectivity index (χ2v) is 12.1. The molecule has 2 N–H and O–H groups in total. The minimum Gasteiger partial charge on any atom is -0.392 e. The van der Waals surface area contributed by atoms with Gasteiger partial charge in [-0.15, -0.1) is 0 Å². The number of nitrogens with one attached hydrogen (secondary N) is 1. The molecule has 0 spiro atoms. The van der Waals surface area contributed by atoms with Gasteiger partial charge in [0.15, 0.2) is 0 Å². The fourth-order valence-corrected chi connectivity index (χ4v) is 7.22. The number of anilines is 3. The maximum Gasteiger partial charge on any atom is 0.274 e. The molecule has 3 aromatic heterocycles. The standard InChI is InChI=1S/C34H38N6O3/c1-37-14-6-10-29(37)22-11-12-32(35-19-22)36-28-17-23(20-38(2)34(28)43)25-8-5-9-30(27(25)21-41)40-16-13-31-26(33(40)42)18-24-7-3-4-15-39(24)31/h5,8-9,11-12,17-20,29,41H,3-4,6-7,10,13-16,21H2,1-2H3,(H,35,36). The van der Waals surface area contributed by atoms with Crippen molar-refractivity contribution >= 4 is 23.1 Å². The van der Waals surface area contributed by atoms with Crippen LogP contribution in [-0.4, -0.2) is 50.2 Å². The number of fused-ring (bicyclic) bond motifs is 3. The van der Waals surface area contributed by atoms with E-state index in [-0.39, 0.29) is 18.1 Å². The summed E-state index contributed by atoms with van der Waals surface area (Å²) >= 11 is 0. The number of rotatable bonds is 6. The molecule has 6 heterocycles. The first-order valence-electron chi connectivity index (χ1n) is 15.3. The van der Waals surface area contributed by atoms with Crippen molar-refractivity contribution in [2.24, 2.45) is 7.05 Å². The molecule has 3 aliphatic rings. The summed E-state index contributed by atoms with van der Waals surface area (Å²) < 4.78 is 3.88. The highest BCUT2D eigenvalue weighted by Crippen LogP contribution is 2.36. The largest absolute Gasteiger partial charge is 0.392 e. The number of likely N-dealkylation sites (tertiary alicyclic amines) is 1. The van der Waals surface area contributed by atoms with Gasteiger partial charge < -0.3 is 24.5 Å². The first-order chi connectivity index (χ1) is 20.9. The lowest BCUT2D eigenvalue weighted by atomic mass is 9.97. The number of carbonyl (C=O) groups excluding carboxylic acids is 1. The number of nitrogens with zero attached hydrogens (tertiary/aromatic N) is 5. The van der Waals surface area contributed by atoms with Crippen LogP contribution in [0.5, 0.6) is 0 Å². The molecule has 0 bridgehead atoms. The van der Waals surface area contributed by atoms with Gasteiger partial charge in [0.2, 0.25) is 0 Å². The Hall–Kier alpha value is -4.21. The molecule has 1 aromatic carbocycles. The summed E-state index contributed by atoms with van der Waals surface area (Å²) in [5, 5.41) is 13.9. The predicted octanol–water partition coefficient (Wildman–Crippen LogP) is 4.79. The number of aryl methyl sites for hydroxylation is 2. The molecule has 4 aromatic rings. The highest BCUT2D eigenvalue weighted by Gasteiger charge is 2.32. The summed E-state index contributed by atoms with van der Waals surface area (Å²) in [7, 11) is 3.86. The Labute approximate surface area is 251 Å². The summed E-state index contributed by atoms with van der Waals surface area (Å²) in [6, 6.07) is 14.0. The zero-order valence-corrected chi connectivity index (χ0v) is 24.8. The number of aliphatic hydroxyl groups excluding tert-OH is 1. The van der Waals surface area contributed by atoms with Crippen LogP contribution in [0.4, 0.5) is 17.2 Å². The van der Waals surface area contributed by atoms with Crippen LogP contribution < -0.4 is 15.8 Å². The molecule has 1 unspecified atom stereocenters. The van der Waals surface area contributed by atoms with Crippen LogP contribution in [0.2, 0.25) is 0 Å². The third-order valence-electron chi connectivity index (χ3n) is 9.46. The van der Waals surface area contributed by atoms with Crippen molar-refractivity contribution in [2.45, 2.75) is 57.7 Å². The fourth-order valence-electron chi connectivity index (χ4n) is 7.22. The third kappa shape index (κ3) is 4.86. The van der Waals surface area contributed by atoms with E-state index in [2.05, 4.69) is 38.9 Å². The molecule has 3 aliphatic heterocycles. The monoisotopic (exact) mass is 578 g/mol. The summed E-state index contributed by atoms with van der Waals surface area (Å²) in [4.78, 5) is 35.7. The van der Waals surface area contributed by atoms with Gasteiger partial charge in [0.25, 0.3) is 11.5 Å². The van der Waals surface area contributed by atoms with E-state index in [9.17, 15) is 14.7 Å². The fraction of sp³-hybridized carbons (Fsp3) is 0.382. The lowest BCUT2D eigenvalue weighted by molar-refractivity contribution is 0.0979. The summed E-state index contributed by atoms with van der Waals surface area (Å²) in [6.45, 7) is 2.39. The van der Waals surface area contributed by atoms with Gasteiger partial charge in [-0.3, -0.25) is 14.5 Å². The average Bonchev–Trinajstić information content (AvgIpc) is 3.63. The predicted molar refractivity (Wildman–Crippen MR) is 168 cm³/mol. The van der Waals surface area contributed by atoms with Gasteiger partial charge in [0, 0.05) is 67.5 Å². The Morgan fingerprint density at radius 1 is 0.977 bits per heavy atom. The maximum absolute atomic E-state index is 13.8. The van der Waals surface area contributed by atoms with Crippen LogP contribution in [0, 0.1) is 0 Å². The molecule has 9 nitrogen and oxygen atoms in total. The first-order valence-corrected chi connectivity index (χ1v) is 15.3. The molecule has 1 atom stereocenters. The first kappa shape index (κ1) is 27.6. The number of aromatic nitrogens is 3. The zero-order valence-electron chi connectivity index (χ0n) is 24.8. The van der Waals surface area contributed by atoms with E-state index in [1.807, 2.05) is 30.5 Å². The highest BCUT2D eigenvalue weighted by molar-refractivity contribution is 6.09. The summed E-state index contributed by atoms with van der Waals surface area (Å²) in [5.41, 5.74) is 7.49. The highest BCUT2D eigenvalue weighted by atomic mass is 16.3. The summed E-state index contributed by atoms with van der Waals surface area (Å²) in [5.74, 6) is 0.580. The molecule has 0 aliphatic carbocycles. The van der Waals surface area contributed by atoms with Crippen LogP contribution in [0.3, 0.4) is 0 Å². The number of hydrogen-bond donors (Lipinski definition) is 2. The Morgan fingerprint density at radius 2 is 1.86 bits per heavy atom. The number of pyridine rings is 2. The van der Waals surface area contributed by atoms with Crippen LogP contribution in [0.25, 0.3) is 11.1 Å². The van der Waals surface area contributed by atoms with Crippen molar-refractivity contribution < 1.29 is 9.90 Å². The molecule has 9 heteroatoms. The van der Waals surface area contributed by atoms with Crippen molar-refractivity contribution in [3.8, 4) is 11.1 Å². The van der Waals surface area contributed by atoms with Crippen LogP contribution >= 0.6 is 0 Å². The zero-order chi connectivity index (χ0) is 29.7. The van der Waals surface area contributed by atoms with E-state index in [1.165, 1.54) is 22.2 Å². The molecular formula is C34H38N6O3. The van der Waals surface area contributed by atoms with Gasteiger partial charge in [0.1, 0.15) is 11.5 Å².